The Labute approximate surface area is 87.9 Å². The van der Waals surface area contributed by atoms with Crippen LogP contribution >= 0.6 is 0 Å². The first-order valence-corrected chi connectivity index (χ1v) is 4.90. The Balaban J connectivity index is 2.40. The number of nitrogens with two attached hydrogens (primary N) is 1. The second-order valence-corrected chi connectivity index (χ2v) is 3.35. The lowest BCUT2D eigenvalue weighted by Crippen LogP contribution is -2.32. The third-order valence-electron chi connectivity index (χ3n) is 2.02. The standard InChI is InChI=1S/C9H16N4O2/c1-2-3-6(14)4-11-9(15)8-7(10)5-12-13-8/h5-6,14H,2-4,10H2,1H3,(H,11,15)(H,12,13). The van der Waals surface area contributed by atoms with Gasteiger partial charge < -0.3 is 16.2 Å². The first-order valence-electron chi connectivity index (χ1n) is 4.90. The summed E-state index contributed by atoms with van der Waals surface area (Å²) < 4.78 is 0. The number of rotatable bonds is 5. The number of H-pyrrole nitrogens is 1. The zero-order valence-electron chi connectivity index (χ0n) is 8.66. The van der Waals surface area contributed by atoms with Crippen LogP contribution in [0.5, 0.6) is 0 Å². The van der Waals surface area contributed by atoms with E-state index in [1.54, 1.807) is 0 Å². The zero-order valence-corrected chi connectivity index (χ0v) is 8.66. The van der Waals surface area contributed by atoms with Gasteiger partial charge in [0.1, 0.15) is 5.69 Å². The summed E-state index contributed by atoms with van der Waals surface area (Å²) >= 11 is 0. The summed E-state index contributed by atoms with van der Waals surface area (Å²) in [5.74, 6) is -0.347. The van der Waals surface area contributed by atoms with Crippen molar-refractivity contribution >= 4 is 11.6 Å². The number of nitrogen functional groups attached to an aromatic ring is 1. The molecular formula is C9H16N4O2. The molecule has 1 rings (SSSR count). The third-order valence-corrected chi connectivity index (χ3v) is 2.02. The Morgan fingerprint density at radius 2 is 2.53 bits per heavy atom. The van der Waals surface area contributed by atoms with E-state index in [0.717, 1.165) is 6.42 Å². The van der Waals surface area contributed by atoms with E-state index in [4.69, 9.17) is 5.73 Å². The van der Waals surface area contributed by atoms with Crippen molar-refractivity contribution in [3.8, 4) is 0 Å². The Morgan fingerprint density at radius 3 is 3.07 bits per heavy atom. The molecule has 1 aromatic rings. The van der Waals surface area contributed by atoms with E-state index in [1.165, 1.54) is 6.20 Å². The minimum atomic E-state index is -0.511. The molecule has 1 atom stereocenters. The van der Waals surface area contributed by atoms with Crippen molar-refractivity contribution in [1.29, 1.82) is 0 Å². The number of aromatic amines is 1. The normalized spacial score (nSPS) is 12.4. The summed E-state index contributed by atoms with van der Waals surface area (Å²) in [5.41, 5.74) is 6.03. The van der Waals surface area contributed by atoms with Gasteiger partial charge in [-0.05, 0) is 6.42 Å². The molecule has 6 nitrogen and oxygen atoms in total. The van der Waals surface area contributed by atoms with Gasteiger partial charge in [0.2, 0.25) is 0 Å². The van der Waals surface area contributed by atoms with Crippen molar-refractivity contribution in [1.82, 2.24) is 15.5 Å². The van der Waals surface area contributed by atoms with Crippen LogP contribution in [0.2, 0.25) is 0 Å². The molecule has 0 saturated carbocycles. The monoisotopic (exact) mass is 212 g/mol. The number of aliphatic hydroxyl groups is 1. The maximum absolute atomic E-state index is 11.5. The Morgan fingerprint density at radius 1 is 1.80 bits per heavy atom. The van der Waals surface area contributed by atoms with Crippen LogP contribution in [-0.4, -0.2) is 33.9 Å². The van der Waals surface area contributed by atoms with E-state index in [9.17, 15) is 9.90 Å². The summed E-state index contributed by atoms with van der Waals surface area (Å²) in [5, 5.41) is 18.1. The molecule has 0 saturated heterocycles. The molecule has 0 aliphatic carbocycles. The molecule has 84 valence electrons. The van der Waals surface area contributed by atoms with Gasteiger partial charge in [-0.25, -0.2) is 0 Å². The Kier molecular flexibility index (Phi) is 4.11. The van der Waals surface area contributed by atoms with Gasteiger partial charge in [-0.3, -0.25) is 9.89 Å². The van der Waals surface area contributed by atoms with Crippen LogP contribution in [0.25, 0.3) is 0 Å². The van der Waals surface area contributed by atoms with E-state index >= 15 is 0 Å². The molecule has 0 spiro atoms. The quantitative estimate of drug-likeness (QED) is 0.546. The van der Waals surface area contributed by atoms with Crippen LogP contribution in [0.15, 0.2) is 6.20 Å². The van der Waals surface area contributed by atoms with Crippen molar-refractivity contribution in [2.45, 2.75) is 25.9 Å². The lowest BCUT2D eigenvalue weighted by Gasteiger charge is -2.09. The van der Waals surface area contributed by atoms with Crippen molar-refractivity contribution in [2.24, 2.45) is 0 Å². The van der Waals surface area contributed by atoms with Gasteiger partial charge in [0.25, 0.3) is 5.91 Å². The van der Waals surface area contributed by atoms with Crippen LogP contribution < -0.4 is 11.1 Å². The number of hydrogen-bond donors (Lipinski definition) is 4. The predicted molar refractivity (Wildman–Crippen MR) is 56.2 cm³/mol. The van der Waals surface area contributed by atoms with E-state index in [-0.39, 0.29) is 18.1 Å². The van der Waals surface area contributed by atoms with E-state index in [1.807, 2.05) is 6.92 Å². The molecule has 1 amide bonds. The van der Waals surface area contributed by atoms with Gasteiger partial charge >= 0.3 is 0 Å². The average Bonchev–Trinajstić information content (AvgIpc) is 2.61. The Hall–Kier alpha value is -1.56. The summed E-state index contributed by atoms with van der Waals surface area (Å²) in [7, 11) is 0. The van der Waals surface area contributed by atoms with E-state index < -0.39 is 6.10 Å². The fourth-order valence-corrected chi connectivity index (χ4v) is 1.21. The van der Waals surface area contributed by atoms with Crippen molar-refractivity contribution < 1.29 is 9.90 Å². The molecule has 0 aromatic carbocycles. The molecule has 5 N–H and O–H groups in total. The van der Waals surface area contributed by atoms with Gasteiger partial charge in [0.05, 0.1) is 18.0 Å². The maximum atomic E-state index is 11.5. The minimum absolute atomic E-state index is 0.227. The first-order chi connectivity index (χ1) is 7.15. The maximum Gasteiger partial charge on any atom is 0.271 e. The highest BCUT2D eigenvalue weighted by molar-refractivity contribution is 5.96. The summed E-state index contributed by atoms with van der Waals surface area (Å²) in [6, 6.07) is 0. The number of anilines is 1. The number of nitrogens with one attached hydrogen (secondary N) is 2. The van der Waals surface area contributed by atoms with Crippen molar-refractivity contribution in [2.75, 3.05) is 12.3 Å². The van der Waals surface area contributed by atoms with Gasteiger partial charge in [-0.2, -0.15) is 5.10 Å². The number of carbonyl (C=O) groups excluding carboxylic acids is 1. The molecule has 0 fully saturated rings. The highest BCUT2D eigenvalue weighted by Gasteiger charge is 2.12. The first kappa shape index (κ1) is 11.5. The molecule has 1 unspecified atom stereocenters. The molecule has 0 bridgehead atoms. The largest absolute Gasteiger partial charge is 0.396 e. The van der Waals surface area contributed by atoms with Crippen LogP contribution in [0.1, 0.15) is 30.3 Å². The molecule has 0 aliphatic heterocycles. The lowest BCUT2D eigenvalue weighted by molar-refractivity contribution is 0.0906. The highest BCUT2D eigenvalue weighted by Crippen LogP contribution is 2.05. The predicted octanol–water partition coefficient (Wildman–Crippen LogP) is -0.117. The van der Waals surface area contributed by atoms with Crippen LogP contribution in [0.4, 0.5) is 5.69 Å². The number of amides is 1. The summed E-state index contributed by atoms with van der Waals surface area (Å²) in [4.78, 5) is 11.5. The topological polar surface area (TPSA) is 104 Å². The second kappa shape index (κ2) is 5.35. The van der Waals surface area contributed by atoms with Crippen molar-refractivity contribution in [3.63, 3.8) is 0 Å². The highest BCUT2D eigenvalue weighted by atomic mass is 16.3. The van der Waals surface area contributed by atoms with Crippen LogP contribution in [0.3, 0.4) is 0 Å². The molecule has 0 aliphatic rings. The number of hydrogen-bond acceptors (Lipinski definition) is 4. The van der Waals surface area contributed by atoms with Gasteiger partial charge in [0, 0.05) is 6.54 Å². The molecule has 1 aromatic heterocycles. The summed E-state index contributed by atoms with van der Waals surface area (Å²) in [6.45, 7) is 2.20. The van der Waals surface area contributed by atoms with Crippen LogP contribution in [0, 0.1) is 0 Å². The lowest BCUT2D eigenvalue weighted by atomic mass is 10.2. The Bertz CT molecular complexity index is 324. The third kappa shape index (κ3) is 3.25. The number of aliphatic hydroxyl groups excluding tert-OH is 1. The molecular weight excluding hydrogens is 196 g/mol. The van der Waals surface area contributed by atoms with E-state index in [0.29, 0.717) is 12.1 Å². The van der Waals surface area contributed by atoms with E-state index in [2.05, 4.69) is 15.5 Å². The smallest absolute Gasteiger partial charge is 0.271 e. The zero-order chi connectivity index (χ0) is 11.3. The molecule has 6 heteroatoms. The van der Waals surface area contributed by atoms with Crippen LogP contribution in [-0.2, 0) is 0 Å². The SMILES string of the molecule is CCCC(O)CNC(=O)c1[nH]ncc1N. The minimum Gasteiger partial charge on any atom is -0.396 e. The number of nitrogens with zero attached hydrogens (tertiary/aromatic N) is 1. The van der Waals surface area contributed by atoms with Gasteiger partial charge in [-0.15, -0.1) is 0 Å². The fourth-order valence-electron chi connectivity index (χ4n) is 1.21. The number of aromatic nitrogens is 2. The molecule has 15 heavy (non-hydrogen) atoms. The summed E-state index contributed by atoms with van der Waals surface area (Å²) in [6.07, 6.45) is 2.41. The number of carbonyl (C=O) groups is 1. The van der Waals surface area contributed by atoms with Gasteiger partial charge in [0.15, 0.2) is 0 Å². The second-order valence-electron chi connectivity index (χ2n) is 3.35. The average molecular weight is 212 g/mol. The fraction of sp³-hybridized carbons (Fsp3) is 0.556. The molecule has 0 radical (unpaired) electrons. The van der Waals surface area contributed by atoms with Crippen molar-refractivity contribution in [3.05, 3.63) is 11.9 Å². The molecule has 1 heterocycles. The van der Waals surface area contributed by atoms with Gasteiger partial charge in [-0.1, -0.05) is 13.3 Å².